The molecule has 0 radical (unpaired) electrons. The Bertz CT molecular complexity index is 1000. The van der Waals surface area contributed by atoms with Gasteiger partial charge in [0.15, 0.2) is 0 Å². The van der Waals surface area contributed by atoms with Crippen LogP contribution in [0.2, 0.25) is 0 Å². The summed E-state index contributed by atoms with van der Waals surface area (Å²) in [4.78, 5) is 26.4. The number of pyridine rings is 1. The van der Waals surface area contributed by atoms with Gasteiger partial charge in [0.2, 0.25) is 0 Å². The molecule has 3 aromatic rings. The van der Waals surface area contributed by atoms with Gasteiger partial charge in [-0.2, -0.15) is 0 Å². The van der Waals surface area contributed by atoms with E-state index in [1.807, 2.05) is 38.1 Å². The summed E-state index contributed by atoms with van der Waals surface area (Å²) in [6, 6.07) is 11.1. The summed E-state index contributed by atoms with van der Waals surface area (Å²) < 4.78 is 0. The Morgan fingerprint density at radius 2 is 1.89 bits per heavy atom. The van der Waals surface area contributed by atoms with Gasteiger partial charge in [-0.15, -0.1) is 0 Å². The van der Waals surface area contributed by atoms with E-state index in [0.29, 0.717) is 24.8 Å². The predicted molar refractivity (Wildman–Crippen MR) is 107 cm³/mol. The zero-order valence-corrected chi connectivity index (χ0v) is 16.1. The van der Waals surface area contributed by atoms with E-state index in [1.54, 1.807) is 18.3 Å². The first-order chi connectivity index (χ1) is 13.5. The number of nitrogens with one attached hydrogen (secondary N) is 1. The Morgan fingerprint density at radius 3 is 2.57 bits per heavy atom. The number of hydrogen-bond acceptors (Lipinski definition) is 5. The normalized spacial score (nSPS) is 19.8. The van der Waals surface area contributed by atoms with Crippen LogP contribution in [0, 0.1) is 19.8 Å². The number of carbonyl (C=O) groups excluding carboxylic acids is 1. The zero-order chi connectivity index (χ0) is 19.7. The molecule has 0 aliphatic heterocycles. The number of aryl methyl sites for hydroxylation is 2. The zero-order valence-electron chi connectivity index (χ0n) is 16.1. The van der Waals surface area contributed by atoms with E-state index in [0.717, 1.165) is 28.1 Å². The van der Waals surface area contributed by atoms with Crippen LogP contribution in [0.4, 0.5) is 0 Å². The Morgan fingerprint density at radius 1 is 1.14 bits per heavy atom. The highest BCUT2D eigenvalue weighted by Gasteiger charge is 2.35. The first kappa shape index (κ1) is 18.5. The van der Waals surface area contributed by atoms with Gasteiger partial charge in [0.25, 0.3) is 5.91 Å². The third kappa shape index (κ3) is 3.87. The predicted octanol–water partition coefficient (Wildman–Crippen LogP) is 2.75. The number of rotatable bonds is 5. The lowest BCUT2D eigenvalue weighted by atomic mass is 9.76. The molecule has 1 aliphatic carbocycles. The molecule has 1 atom stereocenters. The van der Waals surface area contributed by atoms with Gasteiger partial charge in [0, 0.05) is 29.9 Å². The van der Waals surface area contributed by atoms with E-state index in [9.17, 15) is 9.90 Å². The van der Waals surface area contributed by atoms with Crippen LogP contribution in [0.1, 0.15) is 40.3 Å². The monoisotopic (exact) mass is 376 g/mol. The van der Waals surface area contributed by atoms with Gasteiger partial charge >= 0.3 is 0 Å². The molecule has 6 heteroatoms. The minimum Gasteiger partial charge on any atom is -0.393 e. The lowest BCUT2D eigenvalue weighted by Crippen LogP contribution is -2.48. The molecular weight excluding hydrogens is 352 g/mol. The summed E-state index contributed by atoms with van der Waals surface area (Å²) in [5, 5.41) is 12.9. The quantitative estimate of drug-likeness (QED) is 0.715. The van der Waals surface area contributed by atoms with Gasteiger partial charge in [0.1, 0.15) is 0 Å². The van der Waals surface area contributed by atoms with Crippen molar-refractivity contribution in [2.24, 2.45) is 5.92 Å². The fourth-order valence-corrected chi connectivity index (χ4v) is 3.66. The number of hydrogen-bond donors (Lipinski definition) is 2. The summed E-state index contributed by atoms with van der Waals surface area (Å²) in [6.07, 6.45) is 3.56. The fourth-order valence-electron chi connectivity index (χ4n) is 3.66. The molecule has 1 saturated carbocycles. The molecule has 6 nitrogen and oxygen atoms in total. The fraction of sp³-hybridized carbons (Fsp3) is 0.364. The average molecular weight is 376 g/mol. The summed E-state index contributed by atoms with van der Waals surface area (Å²) in [5.74, 6) is 0.121. The van der Waals surface area contributed by atoms with Crippen molar-refractivity contribution in [3.63, 3.8) is 0 Å². The first-order valence-corrected chi connectivity index (χ1v) is 9.63. The molecule has 28 heavy (non-hydrogen) atoms. The first-order valence-electron chi connectivity index (χ1n) is 9.63. The van der Waals surface area contributed by atoms with Crippen LogP contribution in [0.15, 0.2) is 42.6 Å². The number of aliphatic hydroxyl groups excluding tert-OH is 1. The van der Waals surface area contributed by atoms with Gasteiger partial charge in [-0.3, -0.25) is 9.78 Å². The summed E-state index contributed by atoms with van der Waals surface area (Å²) >= 11 is 0. The molecule has 0 saturated heterocycles. The highest BCUT2D eigenvalue weighted by Crippen LogP contribution is 2.31. The van der Waals surface area contributed by atoms with Gasteiger partial charge in [-0.25, -0.2) is 9.97 Å². The smallest absolute Gasteiger partial charge is 0.251 e. The maximum Gasteiger partial charge on any atom is 0.251 e. The maximum atomic E-state index is 12.9. The highest BCUT2D eigenvalue weighted by molar-refractivity contribution is 5.97. The van der Waals surface area contributed by atoms with E-state index < -0.39 is 0 Å². The van der Waals surface area contributed by atoms with E-state index in [-0.39, 0.29) is 24.0 Å². The standard InChI is InChI=1S/C22H24N4O2/c1-13-14(2)25-21-11-15(6-7-19(21)24-13)22(28)26-20(16-9-18(27)10-16)12-17-5-3-4-8-23-17/h3-8,11,16,18,20,27H,9-10,12H2,1-2H3,(H,26,28). The van der Waals surface area contributed by atoms with Crippen molar-refractivity contribution in [2.75, 3.05) is 0 Å². The van der Waals surface area contributed by atoms with E-state index in [1.165, 1.54) is 0 Å². The van der Waals surface area contributed by atoms with Crippen molar-refractivity contribution < 1.29 is 9.90 Å². The van der Waals surface area contributed by atoms with Crippen molar-refractivity contribution in [2.45, 2.75) is 45.3 Å². The summed E-state index contributed by atoms with van der Waals surface area (Å²) in [7, 11) is 0. The largest absolute Gasteiger partial charge is 0.393 e. The molecule has 1 fully saturated rings. The summed E-state index contributed by atoms with van der Waals surface area (Å²) in [5.41, 5.74) is 4.76. The lowest BCUT2D eigenvalue weighted by molar-refractivity contribution is 0.0238. The van der Waals surface area contributed by atoms with Crippen LogP contribution in [0.25, 0.3) is 11.0 Å². The minimum absolute atomic E-state index is 0.0627. The highest BCUT2D eigenvalue weighted by atomic mass is 16.3. The topological polar surface area (TPSA) is 88.0 Å². The van der Waals surface area contributed by atoms with Crippen LogP contribution >= 0.6 is 0 Å². The van der Waals surface area contributed by atoms with Crippen LogP contribution < -0.4 is 5.32 Å². The molecule has 1 unspecified atom stereocenters. The van der Waals surface area contributed by atoms with Crippen molar-refractivity contribution in [3.8, 4) is 0 Å². The Labute approximate surface area is 164 Å². The van der Waals surface area contributed by atoms with Gasteiger partial charge in [-0.1, -0.05) is 6.07 Å². The van der Waals surface area contributed by atoms with Crippen LogP contribution in [-0.2, 0) is 6.42 Å². The molecule has 2 aromatic heterocycles. The van der Waals surface area contributed by atoms with Crippen LogP contribution in [0.3, 0.4) is 0 Å². The van der Waals surface area contributed by atoms with E-state index >= 15 is 0 Å². The molecule has 1 aromatic carbocycles. The second-order valence-corrected chi connectivity index (χ2v) is 7.59. The number of fused-ring (bicyclic) bond motifs is 1. The number of aliphatic hydroxyl groups is 1. The second-order valence-electron chi connectivity index (χ2n) is 7.59. The third-order valence-corrected chi connectivity index (χ3v) is 5.53. The van der Waals surface area contributed by atoms with Crippen molar-refractivity contribution in [3.05, 3.63) is 65.2 Å². The van der Waals surface area contributed by atoms with Crippen LogP contribution in [0.5, 0.6) is 0 Å². The molecule has 144 valence electrons. The van der Waals surface area contributed by atoms with Crippen LogP contribution in [-0.4, -0.2) is 38.1 Å². The number of benzene rings is 1. The average Bonchev–Trinajstić information content (AvgIpc) is 2.66. The lowest BCUT2D eigenvalue weighted by Gasteiger charge is -2.38. The second kappa shape index (κ2) is 7.64. The minimum atomic E-state index is -0.268. The van der Waals surface area contributed by atoms with E-state index in [4.69, 9.17) is 0 Å². The Kier molecular flexibility index (Phi) is 5.05. The van der Waals surface area contributed by atoms with E-state index in [2.05, 4.69) is 20.3 Å². The third-order valence-electron chi connectivity index (χ3n) is 5.53. The Balaban J connectivity index is 1.55. The Hall–Kier alpha value is -2.86. The molecular formula is C22H24N4O2. The molecule has 0 bridgehead atoms. The summed E-state index contributed by atoms with van der Waals surface area (Å²) in [6.45, 7) is 3.84. The van der Waals surface area contributed by atoms with Gasteiger partial charge in [0.05, 0.1) is 28.5 Å². The van der Waals surface area contributed by atoms with Crippen molar-refractivity contribution in [1.29, 1.82) is 0 Å². The molecule has 0 spiro atoms. The SMILES string of the molecule is Cc1nc2ccc(C(=O)NC(Cc3ccccn3)C3CC(O)C3)cc2nc1C. The maximum absolute atomic E-state index is 12.9. The number of aromatic nitrogens is 3. The van der Waals surface area contributed by atoms with Gasteiger partial charge < -0.3 is 10.4 Å². The number of nitrogens with zero attached hydrogens (tertiary/aromatic N) is 3. The molecule has 4 rings (SSSR count). The molecule has 1 amide bonds. The number of amides is 1. The van der Waals surface area contributed by atoms with Crippen molar-refractivity contribution >= 4 is 16.9 Å². The van der Waals surface area contributed by atoms with Crippen molar-refractivity contribution in [1.82, 2.24) is 20.3 Å². The molecule has 2 N–H and O–H groups in total. The molecule has 1 aliphatic rings. The number of carbonyl (C=O) groups is 1. The van der Waals surface area contributed by atoms with Gasteiger partial charge in [-0.05, 0) is 62.9 Å². The molecule has 2 heterocycles.